The molecule has 17 atom stereocenters. The maximum absolute atomic E-state index is 11.2. The number of hydrogen-bond donors (Lipinski definition) is 8. The van der Waals surface area contributed by atoms with E-state index in [2.05, 4.69) is 50.1 Å². The number of aliphatic hydroxyl groups is 8. The Labute approximate surface area is 290 Å². The molecule has 3 rings (SSSR count). The van der Waals surface area contributed by atoms with Crippen molar-refractivity contribution in [3.8, 4) is 0 Å². The van der Waals surface area contributed by atoms with Gasteiger partial charge in [-0.05, 0) is 34.1 Å². The Hall–Kier alpha value is -4.01. The predicted octanol–water partition coefficient (Wildman–Crippen LogP) is -1.85. The van der Waals surface area contributed by atoms with Gasteiger partial charge in [-0.3, -0.25) is 0 Å². The molecular weight excluding hydrogens is 710 g/mol. The highest BCUT2D eigenvalue weighted by molar-refractivity contribution is 5.03. The molecule has 0 aromatic heterocycles. The zero-order valence-corrected chi connectivity index (χ0v) is 26.8. The van der Waals surface area contributed by atoms with Crippen molar-refractivity contribution in [1.29, 1.82) is 0 Å². The van der Waals surface area contributed by atoms with Gasteiger partial charge in [-0.25, -0.2) is 0 Å². The van der Waals surface area contributed by atoms with E-state index in [0.29, 0.717) is 0 Å². The van der Waals surface area contributed by atoms with E-state index >= 15 is 0 Å². The molecule has 0 aromatic rings. The van der Waals surface area contributed by atoms with Gasteiger partial charge < -0.3 is 69.3 Å². The van der Waals surface area contributed by atoms with Gasteiger partial charge in [0.05, 0.1) is 69.0 Å². The summed E-state index contributed by atoms with van der Waals surface area (Å²) in [4.78, 5) is 13.2. The van der Waals surface area contributed by atoms with E-state index in [0.717, 1.165) is 0 Å². The van der Waals surface area contributed by atoms with Crippen molar-refractivity contribution in [2.45, 2.75) is 110 Å². The SMILES string of the molecule is [N-]=[N+]=NCC1O[C@H](OC(CO)[C@@H](CO)OCOC2C(O)[C@H](N=[N+]=[N-])CC(N=[N+]=[N-])[C@H]2O[C@H]2OC(CO)[C@@H](O)C(O)C2N=[N+]=[N-])C(N=[N+]=[N-])C(O)[C@@H]1O. The molecular formula is C23H37N15O14. The number of hydrogen-bond acceptors (Lipinski definition) is 19. The second-order valence-electron chi connectivity index (χ2n) is 11.4. The molecule has 8 N–H and O–H groups in total. The average molecular weight is 748 g/mol. The smallest absolute Gasteiger partial charge is 0.169 e. The summed E-state index contributed by atoms with van der Waals surface area (Å²) in [6, 6.07) is -5.82. The van der Waals surface area contributed by atoms with Crippen LogP contribution < -0.4 is 0 Å². The third-order valence-electron chi connectivity index (χ3n) is 8.45. The van der Waals surface area contributed by atoms with E-state index in [9.17, 15) is 46.4 Å². The van der Waals surface area contributed by atoms with Crippen molar-refractivity contribution in [3.05, 3.63) is 52.2 Å². The van der Waals surface area contributed by atoms with Crippen LogP contribution in [0.4, 0.5) is 0 Å². The topological polar surface area (TPSA) is 461 Å². The van der Waals surface area contributed by atoms with Crippen molar-refractivity contribution < 1.29 is 69.3 Å². The minimum Gasteiger partial charge on any atom is -0.394 e. The Kier molecular flexibility index (Phi) is 17.0. The summed E-state index contributed by atoms with van der Waals surface area (Å²) in [7, 11) is 0. The van der Waals surface area contributed by atoms with Crippen molar-refractivity contribution in [1.82, 2.24) is 0 Å². The van der Waals surface area contributed by atoms with Crippen LogP contribution in [0.15, 0.2) is 25.6 Å². The van der Waals surface area contributed by atoms with Crippen LogP contribution in [0.1, 0.15) is 6.42 Å². The van der Waals surface area contributed by atoms with Crippen LogP contribution in [0.25, 0.3) is 52.2 Å². The second-order valence-corrected chi connectivity index (χ2v) is 11.4. The van der Waals surface area contributed by atoms with Gasteiger partial charge in [0.25, 0.3) is 0 Å². The van der Waals surface area contributed by atoms with Gasteiger partial charge in [-0.2, -0.15) is 0 Å². The van der Waals surface area contributed by atoms with E-state index < -0.39 is 137 Å². The summed E-state index contributed by atoms with van der Waals surface area (Å²) >= 11 is 0. The third-order valence-corrected chi connectivity index (χ3v) is 8.45. The number of rotatable bonds is 18. The Morgan fingerprint density at radius 1 is 0.635 bits per heavy atom. The molecule has 10 unspecified atom stereocenters. The molecule has 2 saturated heterocycles. The van der Waals surface area contributed by atoms with Crippen molar-refractivity contribution in [3.63, 3.8) is 0 Å². The van der Waals surface area contributed by atoms with Crippen molar-refractivity contribution >= 4 is 0 Å². The first-order chi connectivity index (χ1) is 25.0. The van der Waals surface area contributed by atoms with Gasteiger partial charge in [0.1, 0.15) is 55.5 Å². The van der Waals surface area contributed by atoms with E-state index in [4.69, 9.17) is 50.5 Å². The summed E-state index contributed by atoms with van der Waals surface area (Å²) in [6.45, 7) is -3.96. The molecule has 52 heavy (non-hydrogen) atoms. The van der Waals surface area contributed by atoms with Gasteiger partial charge >= 0.3 is 0 Å². The van der Waals surface area contributed by atoms with Crippen LogP contribution in [0, 0.1) is 0 Å². The van der Waals surface area contributed by atoms with Gasteiger partial charge in [-0.1, -0.05) is 25.6 Å². The monoisotopic (exact) mass is 747 g/mol. The first-order valence-corrected chi connectivity index (χ1v) is 15.3. The van der Waals surface area contributed by atoms with E-state index in [1.807, 2.05) is 0 Å². The summed E-state index contributed by atoms with van der Waals surface area (Å²) in [5, 5.41) is 99.9. The van der Waals surface area contributed by atoms with Gasteiger partial charge in [0.15, 0.2) is 12.6 Å². The highest BCUT2D eigenvalue weighted by Gasteiger charge is 2.51. The lowest BCUT2D eigenvalue weighted by molar-refractivity contribution is -0.306. The largest absolute Gasteiger partial charge is 0.394 e. The Bertz CT molecular complexity index is 1410. The first-order valence-electron chi connectivity index (χ1n) is 15.3. The summed E-state index contributed by atoms with van der Waals surface area (Å²) < 4.78 is 33.9. The fourth-order valence-corrected chi connectivity index (χ4v) is 5.78. The van der Waals surface area contributed by atoms with Gasteiger partial charge in [0, 0.05) is 24.6 Å². The molecule has 29 heteroatoms. The predicted molar refractivity (Wildman–Crippen MR) is 163 cm³/mol. The Morgan fingerprint density at radius 3 is 1.75 bits per heavy atom. The maximum atomic E-state index is 11.2. The Morgan fingerprint density at radius 2 is 1.19 bits per heavy atom. The number of ether oxygens (including phenoxy) is 6. The maximum Gasteiger partial charge on any atom is 0.169 e. The first kappa shape index (κ1) is 42.4. The van der Waals surface area contributed by atoms with E-state index in [1.54, 1.807) is 0 Å². The molecule has 1 saturated carbocycles. The average Bonchev–Trinajstić information content (AvgIpc) is 3.14. The quantitative estimate of drug-likeness (QED) is 0.0330. The molecule has 3 fully saturated rings. The second kappa shape index (κ2) is 20.9. The number of azide groups is 5. The highest BCUT2D eigenvalue weighted by atomic mass is 16.7. The molecule has 0 radical (unpaired) electrons. The molecule has 29 nitrogen and oxygen atoms in total. The zero-order valence-electron chi connectivity index (χ0n) is 26.8. The summed E-state index contributed by atoms with van der Waals surface area (Å²) in [5.41, 5.74) is 45.0. The molecule has 0 amide bonds. The summed E-state index contributed by atoms with van der Waals surface area (Å²) in [5.74, 6) is 0. The number of aliphatic hydroxyl groups excluding tert-OH is 8. The standard InChI is InChI=1S/C23H37N15O14/c24-34-29-2-9-16(43)18(45)13(32-37-27)22(49-9)50-11(4-40)10(3-39)47-6-48-21-15(42)7(30-35-25)1-8(31-36-26)20(21)52-23-14(33-38-28)19(46)17(44)12(5-41)51-23/h7-23,39-46H,1-6H2/t7-,8?,9?,10-,11?,12?,13?,14?,15?,16-,17-,18?,19?,20-,21?,22-,23-/m1/s1. The van der Waals surface area contributed by atoms with Crippen LogP contribution in [0.2, 0.25) is 0 Å². The molecule has 1 aliphatic carbocycles. The molecule has 3 aliphatic rings. The minimum atomic E-state index is -1.82. The van der Waals surface area contributed by atoms with Crippen LogP contribution >= 0.6 is 0 Å². The van der Waals surface area contributed by atoms with Crippen LogP contribution in [0.5, 0.6) is 0 Å². The van der Waals surface area contributed by atoms with Crippen molar-refractivity contribution in [2.24, 2.45) is 25.6 Å². The Balaban J connectivity index is 1.85. The van der Waals surface area contributed by atoms with Crippen LogP contribution in [-0.4, -0.2) is 178 Å². The number of nitrogens with zero attached hydrogens (tertiary/aromatic N) is 15. The summed E-state index contributed by atoms with van der Waals surface area (Å²) in [6.07, 6.45) is -21.5. The molecule has 2 aliphatic heterocycles. The van der Waals surface area contributed by atoms with Gasteiger partial charge in [-0.15, -0.1) is 0 Å². The lowest BCUT2D eigenvalue weighted by atomic mass is 9.84. The molecule has 0 bridgehead atoms. The van der Waals surface area contributed by atoms with Crippen LogP contribution in [-0.2, 0) is 28.4 Å². The van der Waals surface area contributed by atoms with E-state index in [1.165, 1.54) is 0 Å². The zero-order chi connectivity index (χ0) is 38.4. The molecule has 0 aromatic carbocycles. The molecule has 0 spiro atoms. The lowest BCUT2D eigenvalue weighted by Crippen LogP contribution is -2.63. The fourth-order valence-electron chi connectivity index (χ4n) is 5.78. The highest BCUT2D eigenvalue weighted by Crippen LogP contribution is 2.34. The molecule has 288 valence electrons. The van der Waals surface area contributed by atoms with Crippen LogP contribution in [0.3, 0.4) is 0 Å². The molecule has 2 heterocycles. The van der Waals surface area contributed by atoms with E-state index in [-0.39, 0.29) is 6.42 Å². The lowest BCUT2D eigenvalue weighted by Gasteiger charge is -2.46. The minimum absolute atomic E-state index is 0.317. The van der Waals surface area contributed by atoms with Gasteiger partial charge in [0.2, 0.25) is 0 Å². The normalized spacial score (nSPS) is 38.5. The fraction of sp³-hybridized carbons (Fsp3) is 1.00. The third kappa shape index (κ3) is 10.1. The van der Waals surface area contributed by atoms with Crippen molar-refractivity contribution in [2.75, 3.05) is 33.2 Å².